The summed E-state index contributed by atoms with van der Waals surface area (Å²) in [6.07, 6.45) is 5.34. The Hall–Kier alpha value is -4.28. The molecule has 1 aliphatic heterocycles. The molecule has 4 heterocycles. The van der Waals surface area contributed by atoms with E-state index in [1.54, 1.807) is 27.6 Å². The van der Waals surface area contributed by atoms with Gasteiger partial charge in [0.1, 0.15) is 16.9 Å². The summed E-state index contributed by atoms with van der Waals surface area (Å²) in [4.78, 5) is 50.4. The molecule has 0 radical (unpaired) electrons. The third-order valence-electron chi connectivity index (χ3n) is 6.07. The minimum Gasteiger partial charge on any atom is -0.444 e. The Bertz CT molecular complexity index is 1500. The van der Waals surface area contributed by atoms with Gasteiger partial charge in [-0.3, -0.25) is 14.6 Å². The molecule has 11 heteroatoms. The van der Waals surface area contributed by atoms with Crippen molar-refractivity contribution in [3.8, 4) is 0 Å². The summed E-state index contributed by atoms with van der Waals surface area (Å²) >= 11 is 0. The number of likely N-dealkylation sites (tertiary alicyclic amines) is 1. The number of benzene rings is 1. The predicted octanol–water partition coefficient (Wildman–Crippen LogP) is 3.33. The van der Waals surface area contributed by atoms with Gasteiger partial charge >= 0.3 is 6.09 Å². The summed E-state index contributed by atoms with van der Waals surface area (Å²) in [5, 5.41) is 8.22. The van der Waals surface area contributed by atoms with E-state index in [0.717, 1.165) is 5.69 Å². The van der Waals surface area contributed by atoms with Crippen molar-refractivity contribution in [1.29, 1.82) is 0 Å². The van der Waals surface area contributed by atoms with E-state index in [1.807, 2.05) is 26.8 Å². The molecule has 36 heavy (non-hydrogen) atoms. The van der Waals surface area contributed by atoms with E-state index >= 15 is 0 Å². The van der Waals surface area contributed by atoms with Gasteiger partial charge in [0.2, 0.25) is 0 Å². The van der Waals surface area contributed by atoms with Crippen molar-refractivity contribution in [3.63, 3.8) is 0 Å². The number of amides is 2. The Kier molecular flexibility index (Phi) is 5.91. The molecule has 0 aliphatic carbocycles. The fourth-order valence-electron chi connectivity index (χ4n) is 4.47. The molecule has 1 fully saturated rings. The van der Waals surface area contributed by atoms with Gasteiger partial charge in [-0.15, -0.1) is 0 Å². The number of aromatic amines is 1. The first-order valence-electron chi connectivity index (χ1n) is 11.8. The number of carbonyl (C=O) groups is 2. The highest BCUT2D eigenvalue weighted by Gasteiger charge is 2.29. The van der Waals surface area contributed by atoms with Crippen LogP contribution in [0.2, 0.25) is 0 Å². The van der Waals surface area contributed by atoms with Crippen LogP contribution < -0.4 is 10.9 Å². The maximum Gasteiger partial charge on any atom is 0.410 e. The van der Waals surface area contributed by atoms with Crippen LogP contribution in [0.15, 0.2) is 47.7 Å². The van der Waals surface area contributed by atoms with Crippen molar-refractivity contribution in [1.82, 2.24) is 29.5 Å². The lowest BCUT2D eigenvalue weighted by molar-refractivity contribution is 0.0203. The zero-order valence-electron chi connectivity index (χ0n) is 20.3. The molecule has 4 aromatic rings. The molecule has 0 spiro atoms. The zero-order valence-corrected chi connectivity index (χ0v) is 20.3. The van der Waals surface area contributed by atoms with Gasteiger partial charge < -0.3 is 19.9 Å². The molecule has 1 aromatic carbocycles. The number of anilines is 1. The van der Waals surface area contributed by atoms with E-state index in [4.69, 9.17) is 9.84 Å². The summed E-state index contributed by atoms with van der Waals surface area (Å²) in [7, 11) is 0. The molecule has 0 saturated carbocycles. The number of rotatable bonds is 3. The molecule has 1 saturated heterocycles. The highest BCUT2D eigenvalue weighted by Crippen LogP contribution is 2.32. The normalized spacial score (nSPS) is 14.8. The van der Waals surface area contributed by atoms with Crippen LogP contribution in [0.4, 0.5) is 10.5 Å². The molecule has 0 bridgehead atoms. The largest absolute Gasteiger partial charge is 0.444 e. The predicted molar refractivity (Wildman–Crippen MR) is 133 cm³/mol. The first-order chi connectivity index (χ1) is 17.2. The van der Waals surface area contributed by atoms with Gasteiger partial charge in [-0.2, -0.15) is 5.10 Å². The second kappa shape index (κ2) is 9.06. The maximum absolute atomic E-state index is 12.7. The lowest BCUT2D eigenvalue weighted by Gasteiger charge is -2.33. The first kappa shape index (κ1) is 23.5. The molecular formula is C25H27N7O4. The van der Waals surface area contributed by atoms with E-state index in [9.17, 15) is 14.4 Å². The lowest BCUT2D eigenvalue weighted by Crippen LogP contribution is -2.41. The van der Waals surface area contributed by atoms with Crippen LogP contribution in [0.3, 0.4) is 0 Å². The van der Waals surface area contributed by atoms with Gasteiger partial charge in [0.15, 0.2) is 0 Å². The van der Waals surface area contributed by atoms with Crippen LogP contribution in [0, 0.1) is 0 Å². The third kappa shape index (κ3) is 4.64. The van der Waals surface area contributed by atoms with Gasteiger partial charge in [0.05, 0.1) is 28.5 Å². The van der Waals surface area contributed by atoms with Crippen LogP contribution in [0.25, 0.3) is 16.6 Å². The Balaban J connectivity index is 1.46. The molecule has 1 aliphatic rings. The number of aromatic nitrogens is 5. The molecule has 3 aromatic heterocycles. The number of ether oxygens (including phenoxy) is 1. The van der Waals surface area contributed by atoms with E-state index in [2.05, 4.69) is 20.3 Å². The summed E-state index contributed by atoms with van der Waals surface area (Å²) < 4.78 is 7.23. The average Bonchev–Trinajstić information content (AvgIpc) is 3.22. The Labute approximate surface area is 206 Å². The molecule has 2 amide bonds. The number of piperidine rings is 1. The Morgan fingerprint density at radius 3 is 2.64 bits per heavy atom. The number of hydrogen-bond acceptors (Lipinski definition) is 7. The van der Waals surface area contributed by atoms with Crippen LogP contribution in [0.1, 0.15) is 55.7 Å². The fraction of sp³-hybridized carbons (Fsp3) is 0.360. The van der Waals surface area contributed by atoms with Gasteiger partial charge in [0, 0.05) is 37.5 Å². The minimum absolute atomic E-state index is 0.0282. The van der Waals surface area contributed by atoms with Crippen molar-refractivity contribution in [2.75, 3.05) is 18.4 Å². The Morgan fingerprint density at radius 1 is 1.17 bits per heavy atom. The summed E-state index contributed by atoms with van der Waals surface area (Å²) in [6, 6.07) is 6.93. The number of nitrogens with zero attached hydrogens (tertiary/aromatic N) is 5. The van der Waals surface area contributed by atoms with Gasteiger partial charge in [-0.1, -0.05) is 6.07 Å². The number of nitrogens with one attached hydrogen (secondary N) is 2. The maximum atomic E-state index is 12.7. The number of carbonyl (C=O) groups excluding carboxylic acids is 2. The average molecular weight is 490 g/mol. The second-order valence-corrected chi connectivity index (χ2v) is 9.81. The molecule has 5 rings (SSSR count). The minimum atomic E-state index is -0.553. The smallest absolute Gasteiger partial charge is 0.410 e. The summed E-state index contributed by atoms with van der Waals surface area (Å²) in [6.45, 7) is 6.58. The van der Waals surface area contributed by atoms with Crippen molar-refractivity contribution >= 4 is 34.2 Å². The van der Waals surface area contributed by atoms with E-state index in [1.165, 1.54) is 18.6 Å². The van der Waals surface area contributed by atoms with Crippen LogP contribution in [0.5, 0.6) is 0 Å². The topological polar surface area (TPSA) is 135 Å². The van der Waals surface area contributed by atoms with Crippen LogP contribution in [-0.4, -0.2) is 60.2 Å². The summed E-state index contributed by atoms with van der Waals surface area (Å²) in [5.74, 6) is -0.386. The monoisotopic (exact) mass is 489 g/mol. The highest BCUT2D eigenvalue weighted by atomic mass is 16.6. The van der Waals surface area contributed by atoms with Crippen molar-refractivity contribution in [2.24, 2.45) is 0 Å². The number of fused-ring (bicyclic) bond motifs is 3. The van der Waals surface area contributed by atoms with E-state index in [0.29, 0.717) is 48.2 Å². The van der Waals surface area contributed by atoms with Gasteiger partial charge in [-0.25, -0.2) is 14.3 Å². The molecule has 11 nitrogen and oxygen atoms in total. The molecule has 2 N–H and O–H groups in total. The molecule has 0 atom stereocenters. The highest BCUT2D eigenvalue weighted by molar-refractivity contribution is 6.11. The molecule has 186 valence electrons. The molecule has 0 unspecified atom stereocenters. The van der Waals surface area contributed by atoms with E-state index < -0.39 is 11.5 Å². The van der Waals surface area contributed by atoms with Crippen molar-refractivity contribution in [2.45, 2.75) is 45.1 Å². The quantitative estimate of drug-likeness (QED) is 0.451. The SMILES string of the molecule is CC(C)(C)OC(=O)N1CCC(c2cc(=O)[nH]c3c4c(NC(=O)c5cnccn5)cccc4nn23)CC1. The fourth-order valence-corrected chi connectivity index (χ4v) is 4.47. The van der Waals surface area contributed by atoms with Crippen molar-refractivity contribution < 1.29 is 14.3 Å². The molecular weight excluding hydrogens is 462 g/mol. The van der Waals surface area contributed by atoms with Crippen LogP contribution in [-0.2, 0) is 4.74 Å². The second-order valence-electron chi connectivity index (χ2n) is 9.81. The van der Waals surface area contributed by atoms with Crippen LogP contribution >= 0.6 is 0 Å². The Morgan fingerprint density at radius 2 is 1.94 bits per heavy atom. The first-order valence-corrected chi connectivity index (χ1v) is 11.8. The number of H-pyrrole nitrogens is 1. The van der Waals surface area contributed by atoms with E-state index in [-0.39, 0.29) is 23.3 Å². The summed E-state index contributed by atoms with van der Waals surface area (Å²) in [5.41, 5.74) is 1.76. The standard InChI is InChI=1S/C25H27N7O4/c1-25(2,3)36-24(35)31-11-7-15(8-12-31)19-13-20(33)29-22-21-16(5-4-6-17(21)30-32(19)22)28-23(34)18-14-26-9-10-27-18/h4-6,9-10,13-15H,7-8,11-12H2,1-3H3,(H,28,34)(H,29,33). The van der Waals surface area contributed by atoms with Crippen molar-refractivity contribution in [3.05, 3.63) is 64.6 Å². The van der Waals surface area contributed by atoms with Gasteiger partial charge in [-0.05, 0) is 45.7 Å². The lowest BCUT2D eigenvalue weighted by atomic mass is 9.93. The third-order valence-corrected chi connectivity index (χ3v) is 6.07. The zero-order chi connectivity index (χ0) is 25.4. The number of hydrogen-bond donors (Lipinski definition) is 2. The van der Waals surface area contributed by atoms with Gasteiger partial charge in [0.25, 0.3) is 11.5 Å².